The number of hydrogen-bond acceptors (Lipinski definition) is 2. The highest BCUT2D eigenvalue weighted by molar-refractivity contribution is 7.19. The number of benzene rings is 9. The van der Waals surface area contributed by atoms with Crippen LogP contribution in [-0.4, -0.2) is 18.0 Å². The van der Waals surface area contributed by atoms with E-state index < -0.39 is 13.5 Å². The van der Waals surface area contributed by atoms with E-state index >= 15 is 0 Å². The summed E-state index contributed by atoms with van der Waals surface area (Å²) in [6, 6.07) is 94.6. The van der Waals surface area contributed by atoms with Crippen molar-refractivity contribution in [2.45, 2.75) is 12.3 Å². The third-order valence-corrected chi connectivity index (χ3v) is 17.3. The van der Waals surface area contributed by atoms with Crippen molar-refractivity contribution in [3.8, 4) is 33.9 Å². The predicted molar refractivity (Wildman–Crippen MR) is 265 cm³/mol. The largest absolute Gasteiger partial charge is 0.228 e. The number of hydrogen-bond donors (Lipinski definition) is 0. The van der Waals surface area contributed by atoms with Crippen molar-refractivity contribution in [2.24, 2.45) is 0 Å². The van der Waals surface area contributed by atoms with E-state index in [0.717, 1.165) is 39.2 Å². The van der Waals surface area contributed by atoms with Crippen LogP contribution >= 0.6 is 0 Å². The van der Waals surface area contributed by atoms with Crippen LogP contribution < -0.4 is 20.7 Å². The summed E-state index contributed by atoms with van der Waals surface area (Å²) in [6.07, 6.45) is 0. The second-order valence-electron chi connectivity index (χ2n) is 16.1. The van der Waals surface area contributed by atoms with E-state index in [2.05, 4.69) is 268 Å². The van der Waals surface area contributed by atoms with Gasteiger partial charge in [-0.25, -0.2) is 9.97 Å². The Morgan fingerprint density at radius 1 is 0.317 bits per heavy atom. The van der Waals surface area contributed by atoms with E-state index in [4.69, 9.17) is 9.97 Å². The van der Waals surface area contributed by atoms with Crippen LogP contribution in [0.5, 0.6) is 0 Å². The van der Waals surface area contributed by atoms with E-state index in [9.17, 15) is 0 Å². The molecule has 63 heavy (non-hydrogen) atoms. The number of aromatic nitrogens is 2. The zero-order valence-corrected chi connectivity index (χ0v) is 36.2. The molecule has 0 N–H and O–H groups in total. The fourth-order valence-electron chi connectivity index (χ4n) is 9.65. The molecule has 0 aliphatic rings. The summed E-state index contributed by atoms with van der Waals surface area (Å²) in [5.74, 6) is 0.690. The van der Waals surface area contributed by atoms with Crippen LogP contribution in [0.1, 0.15) is 27.8 Å². The molecule has 0 saturated carbocycles. The van der Waals surface area contributed by atoms with Crippen molar-refractivity contribution in [3.05, 3.63) is 289 Å². The van der Waals surface area contributed by atoms with Crippen LogP contribution in [0.4, 0.5) is 0 Å². The quantitative estimate of drug-likeness (QED) is 0.0959. The minimum absolute atomic E-state index is 0.594. The van der Waals surface area contributed by atoms with E-state index in [0.29, 0.717) is 5.82 Å². The Hall–Kier alpha value is -7.72. The summed E-state index contributed by atoms with van der Waals surface area (Å²) in [6.45, 7) is 2.16. The SMILES string of the molecule is Cc1ccccc1-c1cc(-c2cccc(C(c3ccccc3)(c3ccccc3)c3ccccc3)c2)nc(-c2cccc([Si](c3ccccc3)(c3ccccc3)c3ccccc3)c2)n1. The molecule has 1 heterocycles. The summed E-state index contributed by atoms with van der Waals surface area (Å²) >= 11 is 0. The lowest BCUT2D eigenvalue weighted by Crippen LogP contribution is -2.74. The van der Waals surface area contributed by atoms with Crippen LogP contribution in [0.3, 0.4) is 0 Å². The van der Waals surface area contributed by atoms with Gasteiger partial charge in [-0.05, 0) is 67.6 Å². The van der Waals surface area contributed by atoms with Crippen LogP contribution in [0, 0.1) is 6.92 Å². The zero-order chi connectivity index (χ0) is 42.5. The molecule has 0 aliphatic heterocycles. The van der Waals surface area contributed by atoms with E-state index in [-0.39, 0.29) is 0 Å². The molecule has 10 aromatic rings. The van der Waals surface area contributed by atoms with Crippen molar-refractivity contribution in [1.29, 1.82) is 0 Å². The minimum Gasteiger partial charge on any atom is -0.228 e. The zero-order valence-electron chi connectivity index (χ0n) is 35.2. The lowest BCUT2D eigenvalue weighted by Gasteiger charge is -2.37. The smallest absolute Gasteiger partial charge is 0.179 e. The van der Waals surface area contributed by atoms with Gasteiger partial charge < -0.3 is 0 Å². The predicted octanol–water partition coefficient (Wildman–Crippen LogP) is 11.5. The van der Waals surface area contributed by atoms with Gasteiger partial charge in [-0.15, -0.1) is 0 Å². The Bertz CT molecular complexity index is 2720. The van der Waals surface area contributed by atoms with Crippen LogP contribution in [0.15, 0.2) is 261 Å². The summed E-state index contributed by atoms with van der Waals surface area (Å²) in [5, 5.41) is 5.25. The molecule has 9 aromatic carbocycles. The third kappa shape index (κ3) is 7.23. The van der Waals surface area contributed by atoms with Crippen molar-refractivity contribution < 1.29 is 0 Å². The normalized spacial score (nSPS) is 11.6. The van der Waals surface area contributed by atoms with E-state index in [1.165, 1.54) is 37.4 Å². The van der Waals surface area contributed by atoms with Crippen molar-refractivity contribution >= 4 is 28.8 Å². The molecule has 0 fully saturated rings. The van der Waals surface area contributed by atoms with Gasteiger partial charge in [0, 0.05) is 16.7 Å². The Labute approximate surface area is 371 Å². The fourth-order valence-corrected chi connectivity index (χ4v) is 14.5. The second-order valence-corrected chi connectivity index (χ2v) is 19.9. The first kappa shape index (κ1) is 39.4. The van der Waals surface area contributed by atoms with Gasteiger partial charge in [-0.3, -0.25) is 0 Å². The van der Waals surface area contributed by atoms with Gasteiger partial charge in [0.2, 0.25) is 0 Å². The van der Waals surface area contributed by atoms with Crippen LogP contribution in [-0.2, 0) is 5.41 Å². The molecule has 2 nitrogen and oxygen atoms in total. The Morgan fingerprint density at radius 3 is 1.22 bits per heavy atom. The highest BCUT2D eigenvalue weighted by Gasteiger charge is 2.42. The van der Waals surface area contributed by atoms with Gasteiger partial charge in [0.05, 0.1) is 16.8 Å². The fraction of sp³-hybridized carbons (Fsp3) is 0.0333. The molecule has 0 saturated heterocycles. The second kappa shape index (κ2) is 17.3. The first-order valence-electron chi connectivity index (χ1n) is 21.7. The standard InChI is InChI=1S/C60H46N2Si/c1-45-24-20-21-41-56(45)58-44-57(46-25-22-33-51(42-46)60(48-27-8-2-9-28-48,49-29-10-3-11-30-49)50-31-12-4-13-32-50)61-59(62-58)47-26-23-40-55(43-47)63(52-34-14-5-15-35-52,53-36-16-6-17-37-53)54-38-18-7-19-39-54/h2-44H,1H3. The Balaban J connectivity index is 1.21. The van der Waals surface area contributed by atoms with Crippen molar-refractivity contribution in [2.75, 3.05) is 0 Å². The lowest BCUT2D eigenvalue weighted by molar-refractivity contribution is 0.745. The van der Waals surface area contributed by atoms with Gasteiger partial charge in [0.25, 0.3) is 0 Å². The van der Waals surface area contributed by atoms with Crippen LogP contribution in [0.25, 0.3) is 33.9 Å². The van der Waals surface area contributed by atoms with Gasteiger partial charge in [-0.1, -0.05) is 249 Å². The lowest BCUT2D eigenvalue weighted by atomic mass is 9.65. The molecule has 0 amide bonds. The Kier molecular flexibility index (Phi) is 10.8. The maximum atomic E-state index is 5.52. The molecule has 0 aliphatic carbocycles. The molecule has 10 rings (SSSR count). The third-order valence-electron chi connectivity index (χ3n) is 12.5. The molecule has 0 unspecified atom stereocenters. The summed E-state index contributed by atoms with van der Waals surface area (Å²) in [7, 11) is -2.81. The number of aryl methyl sites for hydroxylation is 1. The number of nitrogens with zero attached hydrogens (tertiary/aromatic N) is 2. The van der Waals surface area contributed by atoms with Gasteiger partial charge >= 0.3 is 0 Å². The average molecular weight is 823 g/mol. The summed E-state index contributed by atoms with van der Waals surface area (Å²) in [5.41, 5.74) is 10.2. The van der Waals surface area contributed by atoms with Crippen molar-refractivity contribution in [1.82, 2.24) is 9.97 Å². The molecule has 0 bridgehead atoms. The molecular weight excluding hydrogens is 777 g/mol. The van der Waals surface area contributed by atoms with Crippen LogP contribution in [0.2, 0.25) is 0 Å². The van der Waals surface area contributed by atoms with Gasteiger partial charge in [-0.2, -0.15) is 0 Å². The average Bonchev–Trinajstić information content (AvgIpc) is 3.37. The van der Waals surface area contributed by atoms with Gasteiger partial charge in [0.1, 0.15) is 0 Å². The molecule has 0 radical (unpaired) electrons. The maximum Gasteiger partial charge on any atom is 0.179 e. The summed E-state index contributed by atoms with van der Waals surface area (Å²) < 4.78 is 0. The Morgan fingerprint density at radius 2 is 0.714 bits per heavy atom. The van der Waals surface area contributed by atoms with E-state index in [1.54, 1.807) is 0 Å². The molecule has 0 spiro atoms. The minimum atomic E-state index is -2.81. The molecule has 1 aromatic heterocycles. The highest BCUT2D eigenvalue weighted by atomic mass is 28.3. The maximum absolute atomic E-state index is 5.52. The molecule has 3 heteroatoms. The topological polar surface area (TPSA) is 25.8 Å². The van der Waals surface area contributed by atoms with Crippen molar-refractivity contribution in [3.63, 3.8) is 0 Å². The monoisotopic (exact) mass is 822 g/mol. The van der Waals surface area contributed by atoms with Gasteiger partial charge in [0.15, 0.2) is 13.9 Å². The van der Waals surface area contributed by atoms with E-state index in [1.807, 2.05) is 0 Å². The molecule has 0 atom stereocenters. The number of rotatable bonds is 11. The summed E-state index contributed by atoms with van der Waals surface area (Å²) in [4.78, 5) is 10.9. The first-order chi connectivity index (χ1) is 31.2. The highest BCUT2D eigenvalue weighted by Crippen LogP contribution is 2.46. The molecule has 300 valence electrons. The first-order valence-corrected chi connectivity index (χ1v) is 23.7. The molecular formula is C60H46N2Si.